The molecule has 1 aliphatic heterocycles. The van der Waals surface area contributed by atoms with Gasteiger partial charge in [0.2, 0.25) is 15.9 Å². The van der Waals surface area contributed by atoms with Crippen molar-refractivity contribution in [1.82, 2.24) is 14.9 Å². The molecule has 0 bridgehead atoms. The van der Waals surface area contributed by atoms with Crippen LogP contribution in [0.1, 0.15) is 38.7 Å². The Hall–Kier alpha value is -1.15. The van der Waals surface area contributed by atoms with Crippen LogP contribution < -0.4 is 10.6 Å². The zero-order chi connectivity index (χ0) is 18.3. The predicted molar refractivity (Wildman–Crippen MR) is 106 cm³/mol. The molecule has 26 heavy (non-hydrogen) atoms. The highest BCUT2D eigenvalue weighted by Gasteiger charge is 2.21. The summed E-state index contributed by atoms with van der Waals surface area (Å²) in [5.41, 5.74) is 0.968. The summed E-state index contributed by atoms with van der Waals surface area (Å²) in [7, 11) is -3.42. The van der Waals surface area contributed by atoms with Crippen LogP contribution in [0.5, 0.6) is 0 Å². The molecule has 0 unspecified atom stereocenters. The van der Waals surface area contributed by atoms with E-state index in [1.54, 1.807) is 24.3 Å². The minimum Gasteiger partial charge on any atom is -0.352 e. The molecule has 148 valence electrons. The van der Waals surface area contributed by atoms with Gasteiger partial charge in [0.1, 0.15) is 0 Å². The number of carbonyl (C=O) groups is 1. The third-order valence-electron chi connectivity index (χ3n) is 4.57. The summed E-state index contributed by atoms with van der Waals surface area (Å²) in [5, 5.41) is 6.33. The quantitative estimate of drug-likeness (QED) is 0.695. The van der Waals surface area contributed by atoms with Crippen LogP contribution in [-0.2, 0) is 21.2 Å². The van der Waals surface area contributed by atoms with E-state index in [1.165, 1.54) is 4.31 Å². The number of rotatable bonds is 8. The second-order valence-electron chi connectivity index (χ2n) is 6.34. The van der Waals surface area contributed by atoms with Gasteiger partial charge in [-0.1, -0.05) is 26.0 Å². The third-order valence-corrected chi connectivity index (χ3v) is 6.63. The van der Waals surface area contributed by atoms with E-state index in [4.69, 9.17) is 0 Å². The molecule has 1 aromatic rings. The molecule has 8 heteroatoms. The number of hydrogen-bond donors (Lipinski definition) is 2. The molecule has 1 heterocycles. The van der Waals surface area contributed by atoms with Crippen molar-refractivity contribution in [3.05, 3.63) is 29.8 Å². The second-order valence-corrected chi connectivity index (χ2v) is 8.28. The van der Waals surface area contributed by atoms with Crippen LogP contribution in [0, 0.1) is 0 Å². The van der Waals surface area contributed by atoms with Crippen LogP contribution >= 0.6 is 12.4 Å². The van der Waals surface area contributed by atoms with Gasteiger partial charge >= 0.3 is 0 Å². The first-order chi connectivity index (χ1) is 12.0. The Kier molecular flexibility index (Phi) is 9.57. The zero-order valence-corrected chi connectivity index (χ0v) is 17.2. The number of halogens is 1. The summed E-state index contributed by atoms with van der Waals surface area (Å²) in [6.45, 7) is 6.43. The van der Waals surface area contributed by atoms with E-state index in [9.17, 15) is 13.2 Å². The van der Waals surface area contributed by atoms with Crippen LogP contribution in [0.25, 0.3) is 0 Å². The van der Waals surface area contributed by atoms with Crippen molar-refractivity contribution in [2.45, 2.75) is 50.5 Å². The van der Waals surface area contributed by atoms with E-state index in [2.05, 4.69) is 10.6 Å². The summed E-state index contributed by atoms with van der Waals surface area (Å²) < 4.78 is 26.3. The summed E-state index contributed by atoms with van der Waals surface area (Å²) in [5.74, 6) is 0.0496. The van der Waals surface area contributed by atoms with Crippen LogP contribution in [0.3, 0.4) is 0 Å². The molecule has 0 aliphatic carbocycles. The molecular formula is C18H30ClN3O3S. The molecule has 2 N–H and O–H groups in total. The fourth-order valence-electron chi connectivity index (χ4n) is 3.07. The molecule has 2 rings (SSSR count). The fourth-order valence-corrected chi connectivity index (χ4v) is 4.53. The Balaban J connectivity index is 0.00000338. The van der Waals surface area contributed by atoms with Gasteiger partial charge in [0, 0.05) is 32.1 Å². The van der Waals surface area contributed by atoms with Gasteiger partial charge in [-0.15, -0.1) is 12.4 Å². The van der Waals surface area contributed by atoms with Gasteiger partial charge < -0.3 is 10.6 Å². The standard InChI is InChI=1S/C18H29N3O3S.ClH/c1-3-21(4-2)25(23,24)17-10-7-15(8-11-17)9-12-18(22)20-16-6-5-13-19-14-16;/h7-8,10-11,16,19H,3-6,9,12-14H2,1-2H3,(H,20,22);1H/t16-;/m0./s1. The average Bonchev–Trinajstić information content (AvgIpc) is 2.62. The van der Waals surface area contributed by atoms with Gasteiger partial charge in [-0.25, -0.2) is 8.42 Å². The van der Waals surface area contributed by atoms with E-state index in [-0.39, 0.29) is 24.4 Å². The number of carbonyl (C=O) groups excluding carboxylic acids is 1. The number of nitrogens with one attached hydrogen (secondary N) is 2. The van der Waals surface area contributed by atoms with Crippen molar-refractivity contribution in [3.8, 4) is 0 Å². The predicted octanol–water partition coefficient (Wildman–Crippen LogP) is 1.94. The lowest BCUT2D eigenvalue weighted by molar-refractivity contribution is -0.121. The lowest BCUT2D eigenvalue weighted by Crippen LogP contribution is -2.45. The first kappa shape index (κ1) is 22.9. The Morgan fingerprint density at radius 1 is 1.23 bits per heavy atom. The first-order valence-corrected chi connectivity index (χ1v) is 10.5. The van der Waals surface area contributed by atoms with Gasteiger partial charge in [0.15, 0.2) is 0 Å². The van der Waals surface area contributed by atoms with Crippen molar-refractivity contribution in [3.63, 3.8) is 0 Å². The lowest BCUT2D eigenvalue weighted by Gasteiger charge is -2.23. The SMILES string of the molecule is CCN(CC)S(=O)(=O)c1ccc(CCC(=O)N[C@H]2CCCNC2)cc1.Cl. The number of sulfonamides is 1. The number of piperidine rings is 1. The Morgan fingerprint density at radius 2 is 1.88 bits per heavy atom. The number of amides is 1. The van der Waals surface area contributed by atoms with E-state index >= 15 is 0 Å². The highest BCUT2D eigenvalue weighted by atomic mass is 35.5. The van der Waals surface area contributed by atoms with Crippen LogP contribution in [-0.4, -0.2) is 50.9 Å². The molecule has 0 spiro atoms. The molecule has 1 fully saturated rings. The van der Waals surface area contributed by atoms with Crippen molar-refractivity contribution in [1.29, 1.82) is 0 Å². The van der Waals surface area contributed by atoms with E-state index in [0.717, 1.165) is 31.5 Å². The second kappa shape index (κ2) is 10.9. The van der Waals surface area contributed by atoms with Gasteiger partial charge in [-0.05, 0) is 43.5 Å². The van der Waals surface area contributed by atoms with E-state index in [1.807, 2.05) is 13.8 Å². The molecular weight excluding hydrogens is 374 g/mol. The molecule has 1 saturated heterocycles. The van der Waals surface area contributed by atoms with Gasteiger partial charge in [-0.2, -0.15) is 4.31 Å². The molecule has 0 radical (unpaired) electrons. The van der Waals surface area contributed by atoms with Crippen molar-refractivity contribution in [2.24, 2.45) is 0 Å². The van der Waals surface area contributed by atoms with Gasteiger partial charge in [-0.3, -0.25) is 4.79 Å². The first-order valence-electron chi connectivity index (χ1n) is 9.06. The van der Waals surface area contributed by atoms with E-state index < -0.39 is 10.0 Å². The monoisotopic (exact) mass is 403 g/mol. The Bertz CT molecular complexity index is 655. The summed E-state index contributed by atoms with van der Waals surface area (Å²) >= 11 is 0. The molecule has 6 nitrogen and oxygen atoms in total. The van der Waals surface area contributed by atoms with Crippen LogP contribution in [0.15, 0.2) is 29.2 Å². The molecule has 1 amide bonds. The normalized spacial score (nSPS) is 17.6. The van der Waals surface area contributed by atoms with Crippen molar-refractivity contribution >= 4 is 28.3 Å². The van der Waals surface area contributed by atoms with Gasteiger partial charge in [0.25, 0.3) is 0 Å². The maximum absolute atomic E-state index is 12.4. The van der Waals surface area contributed by atoms with Crippen LogP contribution in [0.2, 0.25) is 0 Å². The average molecular weight is 404 g/mol. The highest BCUT2D eigenvalue weighted by Crippen LogP contribution is 2.17. The maximum Gasteiger partial charge on any atom is 0.243 e. The lowest BCUT2D eigenvalue weighted by atomic mass is 10.1. The van der Waals surface area contributed by atoms with Crippen LogP contribution in [0.4, 0.5) is 0 Å². The molecule has 1 aliphatic rings. The molecule has 1 aromatic carbocycles. The maximum atomic E-state index is 12.4. The fraction of sp³-hybridized carbons (Fsp3) is 0.611. The van der Waals surface area contributed by atoms with Crippen molar-refractivity contribution in [2.75, 3.05) is 26.2 Å². The molecule has 0 saturated carbocycles. The highest BCUT2D eigenvalue weighted by molar-refractivity contribution is 7.89. The topological polar surface area (TPSA) is 78.5 Å². The number of hydrogen-bond acceptors (Lipinski definition) is 4. The largest absolute Gasteiger partial charge is 0.352 e. The zero-order valence-electron chi connectivity index (χ0n) is 15.5. The smallest absolute Gasteiger partial charge is 0.243 e. The molecule has 1 atom stereocenters. The van der Waals surface area contributed by atoms with E-state index in [0.29, 0.717) is 30.8 Å². The van der Waals surface area contributed by atoms with Crippen molar-refractivity contribution < 1.29 is 13.2 Å². The Morgan fingerprint density at radius 3 is 2.42 bits per heavy atom. The number of nitrogens with zero attached hydrogens (tertiary/aromatic N) is 1. The summed E-state index contributed by atoms with van der Waals surface area (Å²) in [4.78, 5) is 12.3. The number of benzene rings is 1. The molecule has 0 aromatic heterocycles. The number of aryl methyl sites for hydroxylation is 1. The summed E-state index contributed by atoms with van der Waals surface area (Å²) in [6.07, 6.45) is 3.14. The summed E-state index contributed by atoms with van der Waals surface area (Å²) in [6, 6.07) is 7.08. The van der Waals surface area contributed by atoms with Gasteiger partial charge in [0.05, 0.1) is 4.90 Å². The minimum absolute atomic E-state index is 0. The Labute approximate surface area is 163 Å². The minimum atomic E-state index is -3.42. The third kappa shape index (κ3) is 6.23.